The summed E-state index contributed by atoms with van der Waals surface area (Å²) in [6, 6.07) is 17.0. The predicted octanol–water partition coefficient (Wildman–Crippen LogP) is 3.41. The fourth-order valence-electron chi connectivity index (χ4n) is 2.37. The van der Waals surface area contributed by atoms with E-state index in [1.807, 2.05) is 44.2 Å². The molecule has 0 amide bonds. The number of hydrogen-bond donors (Lipinski definition) is 1. The maximum Gasteiger partial charge on any atom is 0.245 e. The maximum atomic E-state index is 12.6. The number of aromatic nitrogens is 2. The quantitative estimate of drug-likeness (QED) is 0.731. The molecular formula is C18H19N3O3S. The van der Waals surface area contributed by atoms with Crippen molar-refractivity contribution in [1.29, 1.82) is 0 Å². The van der Waals surface area contributed by atoms with Crippen LogP contribution in [0.3, 0.4) is 0 Å². The van der Waals surface area contributed by atoms with Crippen LogP contribution in [0, 0.1) is 5.92 Å². The van der Waals surface area contributed by atoms with Crippen LogP contribution in [0.15, 0.2) is 70.1 Å². The molecule has 1 atom stereocenters. The first-order chi connectivity index (χ1) is 12.0. The Morgan fingerprint density at radius 3 is 2.16 bits per heavy atom. The Kier molecular flexibility index (Phi) is 4.96. The molecule has 130 valence electrons. The highest BCUT2D eigenvalue weighted by molar-refractivity contribution is 7.89. The average Bonchev–Trinajstić information content (AvgIpc) is 3.11. The van der Waals surface area contributed by atoms with Gasteiger partial charge in [0.25, 0.3) is 0 Å². The van der Waals surface area contributed by atoms with E-state index in [2.05, 4.69) is 14.9 Å². The van der Waals surface area contributed by atoms with Crippen LogP contribution in [0.2, 0.25) is 0 Å². The molecular weight excluding hydrogens is 338 g/mol. The minimum absolute atomic E-state index is 0.0671. The van der Waals surface area contributed by atoms with Gasteiger partial charge < -0.3 is 4.52 Å². The smallest absolute Gasteiger partial charge is 0.245 e. The summed E-state index contributed by atoms with van der Waals surface area (Å²) in [5.41, 5.74) is 0.811. The van der Waals surface area contributed by atoms with Gasteiger partial charge in [-0.3, -0.25) is 0 Å². The van der Waals surface area contributed by atoms with Gasteiger partial charge in [-0.2, -0.15) is 9.71 Å². The van der Waals surface area contributed by atoms with Gasteiger partial charge in [0.05, 0.1) is 4.90 Å². The third-order valence-corrected chi connectivity index (χ3v) is 5.20. The van der Waals surface area contributed by atoms with E-state index in [0.29, 0.717) is 5.82 Å². The lowest BCUT2D eigenvalue weighted by Gasteiger charge is -2.18. The van der Waals surface area contributed by atoms with E-state index < -0.39 is 16.1 Å². The molecule has 3 rings (SSSR count). The first-order valence-electron chi connectivity index (χ1n) is 7.94. The first-order valence-corrected chi connectivity index (χ1v) is 9.42. The van der Waals surface area contributed by atoms with E-state index in [-0.39, 0.29) is 16.7 Å². The summed E-state index contributed by atoms with van der Waals surface area (Å²) in [6.07, 6.45) is 0. The van der Waals surface area contributed by atoms with Crippen LogP contribution in [-0.2, 0) is 10.0 Å². The third kappa shape index (κ3) is 3.94. The van der Waals surface area contributed by atoms with E-state index in [0.717, 1.165) is 5.56 Å². The molecule has 1 N–H and O–H groups in total. The SMILES string of the molecule is CC(C)C(NS(=O)(=O)c1ccccc1)c1nc(-c2ccccc2)no1. The van der Waals surface area contributed by atoms with Gasteiger partial charge >= 0.3 is 0 Å². The van der Waals surface area contributed by atoms with E-state index in [1.54, 1.807) is 30.3 Å². The predicted molar refractivity (Wildman–Crippen MR) is 94.1 cm³/mol. The number of nitrogens with one attached hydrogen (secondary N) is 1. The normalized spacial score (nSPS) is 13.1. The molecule has 0 fully saturated rings. The average molecular weight is 357 g/mol. The van der Waals surface area contributed by atoms with E-state index in [4.69, 9.17) is 4.52 Å². The van der Waals surface area contributed by atoms with Crippen molar-refractivity contribution in [2.45, 2.75) is 24.8 Å². The fourth-order valence-corrected chi connectivity index (χ4v) is 3.73. The standard InChI is InChI=1S/C18H19N3O3S/c1-13(2)16(21-25(22,23)15-11-7-4-8-12-15)18-19-17(20-24-18)14-9-5-3-6-10-14/h3-13,16,21H,1-2H3. The number of benzene rings is 2. The van der Waals surface area contributed by atoms with Crippen LogP contribution in [-0.4, -0.2) is 18.6 Å². The number of sulfonamides is 1. The third-order valence-electron chi connectivity index (χ3n) is 3.74. The molecule has 1 aromatic heterocycles. The highest BCUT2D eigenvalue weighted by Gasteiger charge is 2.28. The van der Waals surface area contributed by atoms with Crippen molar-refractivity contribution in [3.8, 4) is 11.4 Å². The minimum atomic E-state index is -3.69. The van der Waals surface area contributed by atoms with Gasteiger partial charge in [0.2, 0.25) is 21.7 Å². The van der Waals surface area contributed by atoms with Crippen LogP contribution in [0.25, 0.3) is 11.4 Å². The summed E-state index contributed by atoms with van der Waals surface area (Å²) >= 11 is 0. The Labute approximate surface area is 147 Å². The van der Waals surface area contributed by atoms with Gasteiger partial charge in [-0.25, -0.2) is 8.42 Å². The molecule has 1 unspecified atom stereocenters. The molecule has 25 heavy (non-hydrogen) atoms. The largest absolute Gasteiger partial charge is 0.337 e. The summed E-state index contributed by atoms with van der Waals surface area (Å²) < 4.78 is 33.2. The molecule has 0 aliphatic rings. The van der Waals surface area contributed by atoms with Gasteiger partial charge in [-0.15, -0.1) is 0 Å². The lowest BCUT2D eigenvalue weighted by Crippen LogP contribution is -2.32. The summed E-state index contributed by atoms with van der Waals surface area (Å²) in [7, 11) is -3.69. The van der Waals surface area contributed by atoms with Crippen molar-refractivity contribution in [3.63, 3.8) is 0 Å². The molecule has 0 radical (unpaired) electrons. The van der Waals surface area contributed by atoms with Crippen LogP contribution in [0.4, 0.5) is 0 Å². The Morgan fingerprint density at radius 2 is 1.56 bits per heavy atom. The molecule has 0 aliphatic heterocycles. The summed E-state index contributed by atoms with van der Waals surface area (Å²) in [5, 5.41) is 3.97. The summed E-state index contributed by atoms with van der Waals surface area (Å²) in [5.74, 6) is 0.607. The van der Waals surface area contributed by atoms with Crippen LogP contribution in [0.5, 0.6) is 0 Å². The number of nitrogens with zero attached hydrogens (tertiary/aromatic N) is 2. The molecule has 0 saturated carbocycles. The molecule has 1 heterocycles. The zero-order valence-electron chi connectivity index (χ0n) is 14.0. The Balaban J connectivity index is 1.89. The Morgan fingerprint density at radius 1 is 0.960 bits per heavy atom. The van der Waals surface area contributed by atoms with Crippen molar-refractivity contribution in [2.24, 2.45) is 5.92 Å². The fraction of sp³-hybridized carbons (Fsp3) is 0.222. The monoisotopic (exact) mass is 357 g/mol. The molecule has 7 heteroatoms. The van der Waals surface area contributed by atoms with E-state index in [1.165, 1.54) is 0 Å². The minimum Gasteiger partial charge on any atom is -0.337 e. The Hall–Kier alpha value is -2.51. The highest BCUT2D eigenvalue weighted by atomic mass is 32.2. The van der Waals surface area contributed by atoms with Crippen LogP contribution >= 0.6 is 0 Å². The van der Waals surface area contributed by atoms with Crippen molar-refractivity contribution in [1.82, 2.24) is 14.9 Å². The second-order valence-corrected chi connectivity index (χ2v) is 7.69. The van der Waals surface area contributed by atoms with Crippen molar-refractivity contribution in [3.05, 3.63) is 66.6 Å². The topological polar surface area (TPSA) is 85.1 Å². The molecule has 0 aliphatic carbocycles. The number of hydrogen-bond acceptors (Lipinski definition) is 5. The molecule has 0 bridgehead atoms. The van der Waals surface area contributed by atoms with Gasteiger partial charge in [0, 0.05) is 5.56 Å². The van der Waals surface area contributed by atoms with E-state index >= 15 is 0 Å². The molecule has 2 aromatic carbocycles. The zero-order chi connectivity index (χ0) is 17.9. The van der Waals surface area contributed by atoms with Crippen molar-refractivity contribution in [2.75, 3.05) is 0 Å². The van der Waals surface area contributed by atoms with Gasteiger partial charge in [-0.1, -0.05) is 67.5 Å². The van der Waals surface area contributed by atoms with Gasteiger partial charge in [0.1, 0.15) is 6.04 Å². The second-order valence-electron chi connectivity index (χ2n) is 5.98. The molecule has 3 aromatic rings. The van der Waals surface area contributed by atoms with Crippen LogP contribution in [0.1, 0.15) is 25.8 Å². The highest BCUT2D eigenvalue weighted by Crippen LogP contribution is 2.25. The molecule has 6 nitrogen and oxygen atoms in total. The second kappa shape index (κ2) is 7.16. The van der Waals surface area contributed by atoms with E-state index in [9.17, 15) is 8.42 Å². The van der Waals surface area contributed by atoms with Crippen LogP contribution < -0.4 is 4.72 Å². The molecule has 0 saturated heterocycles. The van der Waals surface area contributed by atoms with Crippen molar-refractivity contribution >= 4 is 10.0 Å². The lowest BCUT2D eigenvalue weighted by atomic mass is 10.1. The van der Waals surface area contributed by atoms with Gasteiger partial charge in [0.15, 0.2) is 0 Å². The van der Waals surface area contributed by atoms with Crippen molar-refractivity contribution < 1.29 is 12.9 Å². The zero-order valence-corrected chi connectivity index (χ0v) is 14.8. The summed E-state index contributed by atoms with van der Waals surface area (Å²) in [4.78, 5) is 4.57. The Bertz CT molecular complexity index is 922. The van der Waals surface area contributed by atoms with Gasteiger partial charge in [-0.05, 0) is 18.1 Å². The lowest BCUT2D eigenvalue weighted by molar-refractivity contribution is 0.311. The number of rotatable bonds is 6. The maximum absolute atomic E-state index is 12.6. The molecule has 0 spiro atoms. The summed E-state index contributed by atoms with van der Waals surface area (Å²) in [6.45, 7) is 3.79. The first kappa shape index (κ1) is 17.3.